The van der Waals surface area contributed by atoms with Crippen LogP contribution >= 0.6 is 8.35 Å². The fourth-order valence-electron chi connectivity index (χ4n) is 2.61. The van der Waals surface area contributed by atoms with Gasteiger partial charge in [-0.25, -0.2) is 0 Å². The fourth-order valence-corrected chi connectivity index (χ4v) is 3.74. The topological polar surface area (TPSA) is 58.9 Å². The number of nitrogens with two attached hydrogens (primary N) is 1. The van der Waals surface area contributed by atoms with E-state index in [0.717, 1.165) is 35.7 Å². The Kier molecular flexibility index (Phi) is 1.76. The van der Waals surface area contributed by atoms with Crippen molar-refractivity contribution in [2.75, 3.05) is 5.73 Å². The second-order valence-corrected chi connectivity index (χ2v) is 5.29. The van der Waals surface area contributed by atoms with Crippen LogP contribution in [0.4, 0.5) is 5.69 Å². The molecule has 0 bridgehead atoms. The molecular weight excluding hydrogens is 243 g/mol. The Labute approximate surface area is 105 Å². The molecule has 1 heterocycles. The summed E-state index contributed by atoms with van der Waals surface area (Å²) in [5, 5.41) is 2.14. The molecule has 86 valence electrons. The Morgan fingerprint density at radius 3 is 2.72 bits per heavy atom. The van der Waals surface area contributed by atoms with Gasteiger partial charge in [0.25, 0.3) is 0 Å². The van der Waals surface area contributed by atoms with Gasteiger partial charge < -0.3 is 10.5 Å². The van der Waals surface area contributed by atoms with Crippen LogP contribution in [0.25, 0.3) is 21.8 Å². The Morgan fingerprint density at radius 2 is 1.83 bits per heavy atom. The van der Waals surface area contributed by atoms with Crippen LogP contribution in [-0.2, 0) is 0 Å². The molecule has 4 rings (SSSR count). The smallest absolute Gasteiger partial charge is 0.194 e. The SMILES string of the molecule is Nc1cccc2c1-c1p[nH]c3cccc(c13)C2=O. The number of hydrogen-bond acceptors (Lipinski definition) is 2. The summed E-state index contributed by atoms with van der Waals surface area (Å²) in [6, 6.07) is 11.3. The summed E-state index contributed by atoms with van der Waals surface area (Å²) in [6.07, 6.45) is 0. The summed E-state index contributed by atoms with van der Waals surface area (Å²) in [4.78, 5) is 12.5. The maximum absolute atomic E-state index is 12.5. The monoisotopic (exact) mass is 252 g/mol. The highest BCUT2D eigenvalue weighted by Gasteiger charge is 2.27. The van der Waals surface area contributed by atoms with Crippen LogP contribution < -0.4 is 5.73 Å². The summed E-state index contributed by atoms with van der Waals surface area (Å²) in [7, 11) is 1.00. The number of carbonyl (C=O) groups is 1. The molecule has 0 saturated carbocycles. The van der Waals surface area contributed by atoms with Crippen LogP contribution in [0.5, 0.6) is 0 Å². The van der Waals surface area contributed by atoms with Crippen molar-refractivity contribution in [2.24, 2.45) is 0 Å². The number of hydrogen-bond donors (Lipinski definition) is 2. The molecule has 0 spiro atoms. The van der Waals surface area contributed by atoms with E-state index in [1.165, 1.54) is 0 Å². The zero-order chi connectivity index (χ0) is 12.3. The second-order valence-electron chi connectivity index (χ2n) is 4.40. The van der Waals surface area contributed by atoms with Crippen molar-refractivity contribution in [1.82, 2.24) is 4.75 Å². The average Bonchev–Trinajstić information content (AvgIpc) is 2.81. The summed E-state index contributed by atoms with van der Waals surface area (Å²) in [6.45, 7) is 0. The Morgan fingerprint density at radius 1 is 1.06 bits per heavy atom. The first kappa shape index (κ1) is 9.86. The molecule has 3 N–H and O–H groups in total. The molecular formula is C14H9N2OP. The lowest BCUT2D eigenvalue weighted by atomic mass is 9.88. The van der Waals surface area contributed by atoms with Gasteiger partial charge >= 0.3 is 0 Å². The van der Waals surface area contributed by atoms with Gasteiger partial charge in [0.2, 0.25) is 0 Å². The first-order valence-electron chi connectivity index (χ1n) is 5.68. The molecule has 1 aliphatic carbocycles. The number of anilines is 1. The predicted molar refractivity (Wildman–Crippen MR) is 74.1 cm³/mol. The zero-order valence-electron chi connectivity index (χ0n) is 9.40. The molecule has 2 aromatic carbocycles. The van der Waals surface area contributed by atoms with Gasteiger partial charge in [0, 0.05) is 41.4 Å². The molecule has 18 heavy (non-hydrogen) atoms. The van der Waals surface area contributed by atoms with Crippen molar-refractivity contribution in [3.63, 3.8) is 0 Å². The van der Waals surface area contributed by atoms with Crippen molar-refractivity contribution in [1.29, 1.82) is 0 Å². The number of aromatic nitrogens is 1. The molecule has 0 unspecified atom stereocenters. The molecule has 0 fully saturated rings. The highest BCUT2D eigenvalue weighted by atomic mass is 31.0. The first-order valence-corrected chi connectivity index (χ1v) is 6.57. The summed E-state index contributed by atoms with van der Waals surface area (Å²) < 4.78 is 3.30. The van der Waals surface area contributed by atoms with Crippen molar-refractivity contribution in [3.05, 3.63) is 47.5 Å². The normalized spacial score (nSPS) is 13.2. The number of nitrogen functional groups attached to an aromatic ring is 1. The van der Waals surface area contributed by atoms with E-state index in [9.17, 15) is 4.79 Å². The van der Waals surface area contributed by atoms with Gasteiger partial charge in [-0.2, -0.15) is 0 Å². The van der Waals surface area contributed by atoms with Crippen molar-refractivity contribution < 1.29 is 4.79 Å². The molecule has 0 aliphatic heterocycles. The van der Waals surface area contributed by atoms with Crippen molar-refractivity contribution >= 4 is 30.7 Å². The molecule has 3 nitrogen and oxygen atoms in total. The Hall–Kier alpha value is -2.12. The summed E-state index contributed by atoms with van der Waals surface area (Å²) >= 11 is 0. The van der Waals surface area contributed by atoms with Gasteiger partial charge in [-0.05, 0) is 12.1 Å². The average molecular weight is 252 g/mol. The highest BCUT2D eigenvalue weighted by molar-refractivity contribution is 7.31. The minimum Gasteiger partial charge on any atom is -0.398 e. The lowest BCUT2D eigenvalue weighted by Crippen LogP contribution is -2.09. The third kappa shape index (κ3) is 1.05. The minimum absolute atomic E-state index is 0.0665. The van der Waals surface area contributed by atoms with E-state index in [0.29, 0.717) is 11.3 Å². The second kappa shape index (κ2) is 3.21. The number of rotatable bonds is 0. The van der Waals surface area contributed by atoms with E-state index in [4.69, 9.17) is 5.73 Å². The van der Waals surface area contributed by atoms with E-state index in [1.54, 1.807) is 0 Å². The van der Waals surface area contributed by atoms with Crippen molar-refractivity contribution in [3.8, 4) is 10.9 Å². The van der Waals surface area contributed by atoms with E-state index in [2.05, 4.69) is 4.75 Å². The molecule has 0 radical (unpaired) electrons. The summed E-state index contributed by atoms with van der Waals surface area (Å²) in [5.74, 6) is 0.0665. The maximum Gasteiger partial charge on any atom is 0.194 e. The predicted octanol–water partition coefficient (Wildman–Crippen LogP) is 3.54. The summed E-state index contributed by atoms with van der Waals surface area (Å²) in [5.41, 5.74) is 10.1. The van der Waals surface area contributed by atoms with Gasteiger partial charge in [0.05, 0.1) is 5.52 Å². The van der Waals surface area contributed by atoms with Gasteiger partial charge in [-0.1, -0.05) is 24.3 Å². The van der Waals surface area contributed by atoms with E-state index < -0.39 is 0 Å². The van der Waals surface area contributed by atoms with Gasteiger partial charge in [0.1, 0.15) is 0 Å². The number of ketones is 1. The number of aromatic amines is 1. The third-order valence-electron chi connectivity index (χ3n) is 3.41. The largest absolute Gasteiger partial charge is 0.398 e. The highest BCUT2D eigenvalue weighted by Crippen LogP contribution is 2.46. The number of fused-ring (bicyclic) bond motifs is 2. The Balaban J connectivity index is 2.28. The molecule has 4 heteroatoms. The quantitative estimate of drug-likeness (QED) is 0.470. The number of nitrogens with one attached hydrogen (secondary N) is 1. The first-order chi connectivity index (χ1) is 8.77. The van der Waals surface area contributed by atoms with Crippen LogP contribution in [0.15, 0.2) is 36.4 Å². The van der Waals surface area contributed by atoms with Crippen molar-refractivity contribution in [2.45, 2.75) is 0 Å². The molecule has 3 aromatic rings. The van der Waals surface area contributed by atoms with E-state index in [-0.39, 0.29) is 5.78 Å². The van der Waals surface area contributed by atoms with Crippen LogP contribution in [0, 0.1) is 0 Å². The minimum atomic E-state index is 0.0665. The standard InChI is InChI=1S/C14H9N2OP/c15-9-5-1-3-7-11(9)14-12-8(13(7)17)4-2-6-10(12)16-18-14/h1-6,16H,15H2. The molecule has 1 aliphatic rings. The molecule has 0 saturated heterocycles. The Bertz CT molecular complexity index is 820. The van der Waals surface area contributed by atoms with Gasteiger partial charge in [-0.15, -0.1) is 0 Å². The van der Waals surface area contributed by atoms with E-state index >= 15 is 0 Å². The third-order valence-corrected chi connectivity index (χ3v) is 4.44. The fraction of sp³-hybridized carbons (Fsp3) is 0. The number of benzene rings is 2. The molecule has 0 amide bonds. The molecule has 1 aromatic heterocycles. The van der Waals surface area contributed by atoms with Gasteiger partial charge in [-0.3, -0.25) is 4.79 Å². The zero-order valence-corrected chi connectivity index (χ0v) is 10.3. The number of H-pyrrole nitrogens is 1. The van der Waals surface area contributed by atoms with Gasteiger partial charge in [0.15, 0.2) is 5.78 Å². The van der Waals surface area contributed by atoms with Crippen LogP contribution in [0.1, 0.15) is 15.9 Å². The molecule has 0 atom stereocenters. The maximum atomic E-state index is 12.5. The van der Waals surface area contributed by atoms with E-state index in [1.807, 2.05) is 36.4 Å². The number of carbonyl (C=O) groups excluding carboxylic acids is 1. The van der Waals surface area contributed by atoms with Crippen LogP contribution in [-0.4, -0.2) is 10.5 Å². The lowest BCUT2D eigenvalue weighted by Gasteiger charge is -2.16. The lowest BCUT2D eigenvalue weighted by molar-refractivity contribution is 0.104. The van der Waals surface area contributed by atoms with Crippen LogP contribution in [0.3, 0.4) is 0 Å². The van der Waals surface area contributed by atoms with Crippen LogP contribution in [0.2, 0.25) is 0 Å².